The van der Waals surface area contributed by atoms with Gasteiger partial charge in [0, 0.05) is 28.3 Å². The predicted molar refractivity (Wildman–Crippen MR) is 83.8 cm³/mol. The Morgan fingerprint density at radius 2 is 2.14 bits per heavy atom. The van der Waals surface area contributed by atoms with E-state index in [0.29, 0.717) is 12.1 Å². The van der Waals surface area contributed by atoms with Crippen LogP contribution >= 0.6 is 22.7 Å². The number of nitrogens with one attached hydrogen (secondary N) is 1. The number of amides is 1. The molecule has 0 unspecified atom stereocenters. The van der Waals surface area contributed by atoms with Crippen LogP contribution < -0.4 is 5.32 Å². The van der Waals surface area contributed by atoms with Crippen molar-refractivity contribution in [2.75, 3.05) is 0 Å². The van der Waals surface area contributed by atoms with E-state index in [0.717, 1.165) is 10.6 Å². The highest BCUT2D eigenvalue weighted by molar-refractivity contribution is 7.14. The first-order chi connectivity index (χ1) is 9.87. The normalized spacial score (nSPS) is 11.3. The van der Waals surface area contributed by atoms with Gasteiger partial charge in [0.25, 0.3) is 5.91 Å². The monoisotopic (exact) mass is 324 g/mol. The van der Waals surface area contributed by atoms with E-state index < -0.39 is 11.5 Å². The molecule has 0 atom stereocenters. The van der Waals surface area contributed by atoms with Gasteiger partial charge in [-0.25, -0.2) is 4.98 Å². The average molecular weight is 324 g/mol. The molecule has 112 valence electrons. The molecule has 0 saturated carbocycles. The summed E-state index contributed by atoms with van der Waals surface area (Å²) in [6.07, 6.45) is 0.389. The Morgan fingerprint density at radius 3 is 2.76 bits per heavy atom. The second-order valence-electron chi connectivity index (χ2n) is 5.28. The van der Waals surface area contributed by atoms with Crippen LogP contribution in [0.1, 0.15) is 37.2 Å². The highest BCUT2D eigenvalue weighted by atomic mass is 32.1. The van der Waals surface area contributed by atoms with Crippen LogP contribution in [0.2, 0.25) is 0 Å². The molecule has 0 aliphatic heterocycles. The van der Waals surface area contributed by atoms with Crippen LogP contribution in [0.5, 0.6) is 0 Å². The molecule has 2 rings (SSSR count). The van der Waals surface area contributed by atoms with Gasteiger partial charge in [-0.05, 0) is 31.7 Å². The number of hydrogen-bond donors (Lipinski definition) is 2. The summed E-state index contributed by atoms with van der Waals surface area (Å²) in [6.45, 7) is 3.61. The molecule has 0 radical (unpaired) electrons. The van der Waals surface area contributed by atoms with Crippen LogP contribution in [0.4, 0.5) is 0 Å². The Morgan fingerprint density at radius 1 is 1.38 bits per heavy atom. The number of rotatable bonds is 6. The molecule has 0 aromatic carbocycles. The number of thiazole rings is 1. The van der Waals surface area contributed by atoms with Gasteiger partial charge in [-0.15, -0.1) is 11.3 Å². The molecule has 0 spiro atoms. The van der Waals surface area contributed by atoms with E-state index in [1.165, 1.54) is 11.3 Å². The molecule has 1 amide bonds. The first-order valence-corrected chi connectivity index (χ1v) is 8.22. The molecule has 2 N–H and O–H groups in total. The van der Waals surface area contributed by atoms with Gasteiger partial charge in [0.2, 0.25) is 0 Å². The predicted octanol–water partition coefficient (Wildman–Crippen LogP) is 3.24. The first kappa shape index (κ1) is 15.7. The van der Waals surface area contributed by atoms with Crippen molar-refractivity contribution in [3.8, 4) is 10.6 Å². The quantitative estimate of drug-likeness (QED) is 0.855. The second-order valence-corrected chi connectivity index (χ2v) is 6.92. The fourth-order valence-electron chi connectivity index (χ4n) is 1.75. The number of carbonyl (C=O) groups excluding carboxylic acids is 1. The van der Waals surface area contributed by atoms with E-state index in [-0.39, 0.29) is 12.3 Å². The van der Waals surface area contributed by atoms with Gasteiger partial charge in [0.1, 0.15) is 10.7 Å². The standard InChI is InChI=1S/C14H16N2O3S2/c1-14(2,5-3-11(17)18)16-12(19)10-8-21-13(15-10)9-4-6-20-7-9/h4,6-8H,3,5H2,1-2H3,(H,16,19)(H,17,18). The summed E-state index contributed by atoms with van der Waals surface area (Å²) in [5.74, 6) is -1.14. The minimum absolute atomic E-state index is 0.0184. The van der Waals surface area contributed by atoms with E-state index in [2.05, 4.69) is 10.3 Å². The Labute approximate surface area is 130 Å². The van der Waals surface area contributed by atoms with Crippen molar-refractivity contribution < 1.29 is 14.7 Å². The van der Waals surface area contributed by atoms with E-state index >= 15 is 0 Å². The molecule has 0 fully saturated rings. The summed E-state index contributed by atoms with van der Waals surface area (Å²) in [5, 5.41) is 18.0. The molecular weight excluding hydrogens is 308 g/mol. The van der Waals surface area contributed by atoms with E-state index in [9.17, 15) is 9.59 Å². The smallest absolute Gasteiger partial charge is 0.303 e. The van der Waals surface area contributed by atoms with Crippen molar-refractivity contribution in [2.45, 2.75) is 32.2 Å². The van der Waals surface area contributed by atoms with Gasteiger partial charge >= 0.3 is 5.97 Å². The lowest BCUT2D eigenvalue weighted by molar-refractivity contribution is -0.137. The van der Waals surface area contributed by atoms with Gasteiger partial charge in [-0.2, -0.15) is 11.3 Å². The maximum atomic E-state index is 12.2. The summed E-state index contributed by atoms with van der Waals surface area (Å²) >= 11 is 3.00. The molecule has 0 aliphatic carbocycles. The average Bonchev–Trinajstić information content (AvgIpc) is 3.06. The third-order valence-electron chi connectivity index (χ3n) is 2.92. The van der Waals surface area contributed by atoms with Crippen LogP contribution in [-0.2, 0) is 4.79 Å². The number of nitrogens with zero attached hydrogens (tertiary/aromatic N) is 1. The highest BCUT2D eigenvalue weighted by Crippen LogP contribution is 2.26. The van der Waals surface area contributed by atoms with Crippen molar-refractivity contribution in [1.29, 1.82) is 0 Å². The molecule has 2 aromatic heterocycles. The fraction of sp³-hybridized carbons (Fsp3) is 0.357. The van der Waals surface area contributed by atoms with E-state index in [4.69, 9.17) is 5.11 Å². The zero-order valence-corrected chi connectivity index (χ0v) is 13.4. The summed E-state index contributed by atoms with van der Waals surface area (Å²) in [6, 6.07) is 1.96. The largest absolute Gasteiger partial charge is 0.481 e. The molecule has 0 aliphatic rings. The van der Waals surface area contributed by atoms with Crippen LogP contribution in [0, 0.1) is 0 Å². The second kappa shape index (κ2) is 6.36. The van der Waals surface area contributed by atoms with Crippen LogP contribution in [0.15, 0.2) is 22.2 Å². The van der Waals surface area contributed by atoms with E-state index in [1.54, 1.807) is 30.6 Å². The molecule has 7 heteroatoms. The Kier molecular flexibility index (Phi) is 4.74. The number of thiophene rings is 1. The lowest BCUT2D eigenvalue weighted by Crippen LogP contribution is -2.43. The van der Waals surface area contributed by atoms with Gasteiger partial charge in [-0.1, -0.05) is 0 Å². The number of hydrogen-bond acceptors (Lipinski definition) is 5. The van der Waals surface area contributed by atoms with Gasteiger partial charge < -0.3 is 10.4 Å². The molecule has 2 heterocycles. The Bertz CT molecular complexity index is 632. The molecular formula is C14H16N2O3S2. The lowest BCUT2D eigenvalue weighted by atomic mass is 9.98. The van der Waals surface area contributed by atoms with Crippen LogP contribution in [0.3, 0.4) is 0 Å². The first-order valence-electron chi connectivity index (χ1n) is 6.40. The minimum atomic E-state index is -0.870. The van der Waals surface area contributed by atoms with Crippen molar-refractivity contribution in [1.82, 2.24) is 10.3 Å². The van der Waals surface area contributed by atoms with Gasteiger partial charge in [-0.3, -0.25) is 9.59 Å². The van der Waals surface area contributed by atoms with Gasteiger partial charge in [0.15, 0.2) is 0 Å². The van der Waals surface area contributed by atoms with Crippen LogP contribution in [-0.4, -0.2) is 27.5 Å². The Hall–Kier alpha value is -1.73. The number of carboxylic acid groups (broad SMARTS) is 1. The number of aliphatic carboxylic acids is 1. The SMILES string of the molecule is CC(C)(CCC(=O)O)NC(=O)c1csc(-c2ccsc2)n1. The highest BCUT2D eigenvalue weighted by Gasteiger charge is 2.23. The molecule has 2 aromatic rings. The van der Waals surface area contributed by atoms with E-state index in [1.807, 2.05) is 16.8 Å². The summed E-state index contributed by atoms with van der Waals surface area (Å²) < 4.78 is 0. The van der Waals surface area contributed by atoms with Crippen LogP contribution in [0.25, 0.3) is 10.6 Å². The number of carboxylic acids is 1. The van der Waals surface area contributed by atoms with Crippen molar-refractivity contribution in [3.05, 3.63) is 27.9 Å². The molecule has 5 nitrogen and oxygen atoms in total. The maximum absolute atomic E-state index is 12.2. The van der Waals surface area contributed by atoms with Crippen molar-refractivity contribution in [3.63, 3.8) is 0 Å². The van der Waals surface area contributed by atoms with Gasteiger partial charge in [0.05, 0.1) is 0 Å². The Balaban J connectivity index is 2.02. The molecule has 0 saturated heterocycles. The minimum Gasteiger partial charge on any atom is -0.481 e. The topological polar surface area (TPSA) is 79.3 Å². The maximum Gasteiger partial charge on any atom is 0.303 e. The van der Waals surface area contributed by atoms with Crippen molar-refractivity contribution in [2.24, 2.45) is 0 Å². The summed E-state index contributed by atoms with van der Waals surface area (Å²) in [4.78, 5) is 27.1. The zero-order valence-electron chi connectivity index (χ0n) is 11.8. The summed E-state index contributed by atoms with van der Waals surface area (Å²) in [5.41, 5.74) is 0.792. The molecule has 21 heavy (non-hydrogen) atoms. The zero-order chi connectivity index (χ0) is 15.5. The summed E-state index contributed by atoms with van der Waals surface area (Å²) in [7, 11) is 0. The third-order valence-corrected chi connectivity index (χ3v) is 4.50. The molecule has 0 bridgehead atoms. The third kappa shape index (κ3) is 4.37. The lowest BCUT2D eigenvalue weighted by Gasteiger charge is -2.25. The number of aromatic nitrogens is 1. The fourth-order valence-corrected chi connectivity index (χ4v) is 3.26. The number of carbonyl (C=O) groups is 2. The van der Waals surface area contributed by atoms with Crippen molar-refractivity contribution >= 4 is 34.6 Å².